The van der Waals surface area contributed by atoms with Gasteiger partial charge in [0.25, 0.3) is 0 Å². The van der Waals surface area contributed by atoms with E-state index in [9.17, 15) is 14.7 Å². The minimum Gasteiger partial charge on any atom is -0.462 e. The molecule has 452 valence electrons. The molecular weight excluding hydrogens is 933 g/mol. The highest BCUT2D eigenvalue weighted by atomic mass is 16.6. The second-order valence-corrected chi connectivity index (χ2v) is 24.3. The Morgan fingerprint density at radius 2 is 0.487 bits per heavy atom. The molecule has 0 amide bonds. The third-order valence-electron chi connectivity index (χ3n) is 16.6. The van der Waals surface area contributed by atoms with Crippen LogP contribution in [0.4, 0.5) is 0 Å². The predicted octanol–water partition coefficient (Wildman–Crippen LogP) is 24.2. The summed E-state index contributed by atoms with van der Waals surface area (Å²) in [7, 11) is 0. The highest BCUT2D eigenvalue weighted by molar-refractivity contribution is 5.70. The van der Waals surface area contributed by atoms with E-state index in [1.165, 1.54) is 353 Å². The number of allylic oxidation sites excluding steroid dienone is 2. The molecule has 0 aromatic heterocycles. The lowest BCUT2D eigenvalue weighted by atomic mass is 10.0. The van der Waals surface area contributed by atoms with E-state index in [4.69, 9.17) is 9.47 Å². The third-order valence-corrected chi connectivity index (χ3v) is 16.6. The summed E-state index contributed by atoms with van der Waals surface area (Å²) in [6.07, 6.45) is 87.0. The highest BCUT2D eigenvalue weighted by Crippen LogP contribution is 2.19. The molecular formula is C71H138O5. The molecule has 0 rings (SSSR count). The van der Waals surface area contributed by atoms with Crippen molar-refractivity contribution in [2.75, 3.05) is 13.2 Å². The first-order valence-electron chi connectivity index (χ1n) is 35.2. The molecule has 1 atom stereocenters. The van der Waals surface area contributed by atoms with Gasteiger partial charge in [0.2, 0.25) is 0 Å². The van der Waals surface area contributed by atoms with Gasteiger partial charge in [-0.25, -0.2) is 0 Å². The minimum atomic E-state index is -0.769. The summed E-state index contributed by atoms with van der Waals surface area (Å²) in [5.41, 5.74) is 0. The van der Waals surface area contributed by atoms with Crippen LogP contribution >= 0.6 is 0 Å². The van der Waals surface area contributed by atoms with Gasteiger partial charge < -0.3 is 14.6 Å². The number of ether oxygens (including phenoxy) is 2. The SMILES string of the molecule is CCCCCCCCCC/C=C\CCCCCCCCCCCC(=O)OC(CO)COC(=O)CCCCCCCCCCCCCCCCCCCCCCCCCCCCCCCCCCCCCCCCCCC. The molecule has 5 nitrogen and oxygen atoms in total. The lowest BCUT2D eigenvalue weighted by Crippen LogP contribution is -2.28. The summed E-state index contributed by atoms with van der Waals surface area (Å²) >= 11 is 0. The normalized spacial score (nSPS) is 12.1. The van der Waals surface area contributed by atoms with Crippen LogP contribution in [-0.2, 0) is 19.1 Å². The van der Waals surface area contributed by atoms with Crippen molar-refractivity contribution in [2.24, 2.45) is 0 Å². The first kappa shape index (κ1) is 74.6. The topological polar surface area (TPSA) is 72.8 Å². The number of carbonyl (C=O) groups excluding carboxylic acids is 2. The van der Waals surface area contributed by atoms with Crippen molar-refractivity contribution < 1.29 is 24.2 Å². The average molecular weight is 1070 g/mol. The lowest BCUT2D eigenvalue weighted by Gasteiger charge is -2.15. The smallest absolute Gasteiger partial charge is 0.306 e. The number of unbranched alkanes of at least 4 members (excludes halogenated alkanes) is 57. The van der Waals surface area contributed by atoms with Crippen LogP contribution in [0.25, 0.3) is 0 Å². The molecule has 0 saturated heterocycles. The fourth-order valence-electron chi connectivity index (χ4n) is 11.3. The van der Waals surface area contributed by atoms with E-state index in [1.54, 1.807) is 0 Å². The molecule has 0 aromatic rings. The lowest BCUT2D eigenvalue weighted by molar-refractivity contribution is -0.161. The molecule has 0 heterocycles. The zero-order chi connectivity index (χ0) is 54.8. The van der Waals surface area contributed by atoms with Crippen LogP contribution < -0.4 is 0 Å². The van der Waals surface area contributed by atoms with E-state index in [1.807, 2.05) is 0 Å². The molecule has 1 unspecified atom stereocenters. The summed E-state index contributed by atoms with van der Waals surface area (Å²) < 4.78 is 10.7. The standard InChI is InChI=1S/C71H138O5/c1-3-5-7-9-11-13-15-17-19-21-23-25-26-27-28-29-30-31-32-33-34-35-36-37-38-39-40-41-42-43-44-46-47-49-51-53-55-57-59-61-63-65-70(73)75-68-69(67-72)76-71(74)66-64-62-60-58-56-54-52-50-48-45-24-22-20-18-16-14-12-10-8-6-4-2/h22,24,69,72H,3-21,23,25-68H2,1-2H3/b24-22-. The summed E-state index contributed by atoms with van der Waals surface area (Å²) in [4.78, 5) is 24.6. The van der Waals surface area contributed by atoms with Crippen LogP contribution in [0.3, 0.4) is 0 Å². The number of aliphatic hydroxyl groups excluding tert-OH is 1. The molecule has 0 saturated carbocycles. The Labute approximate surface area is 477 Å². The van der Waals surface area contributed by atoms with Crippen molar-refractivity contribution in [3.8, 4) is 0 Å². The van der Waals surface area contributed by atoms with Gasteiger partial charge in [-0.15, -0.1) is 0 Å². The van der Waals surface area contributed by atoms with E-state index >= 15 is 0 Å². The van der Waals surface area contributed by atoms with Gasteiger partial charge in [0.05, 0.1) is 6.61 Å². The number of hydrogen-bond acceptors (Lipinski definition) is 5. The Hall–Kier alpha value is -1.36. The largest absolute Gasteiger partial charge is 0.462 e. The van der Waals surface area contributed by atoms with Crippen molar-refractivity contribution in [2.45, 2.75) is 418 Å². The second-order valence-electron chi connectivity index (χ2n) is 24.3. The zero-order valence-electron chi connectivity index (χ0n) is 52.1. The first-order valence-corrected chi connectivity index (χ1v) is 35.2. The number of carbonyl (C=O) groups is 2. The molecule has 5 heteroatoms. The third kappa shape index (κ3) is 65.2. The van der Waals surface area contributed by atoms with Crippen LogP contribution in [0.2, 0.25) is 0 Å². The van der Waals surface area contributed by atoms with Gasteiger partial charge in [0.1, 0.15) is 6.61 Å². The van der Waals surface area contributed by atoms with Gasteiger partial charge in [-0.1, -0.05) is 373 Å². The van der Waals surface area contributed by atoms with E-state index in [0.717, 1.165) is 32.1 Å². The van der Waals surface area contributed by atoms with E-state index in [0.29, 0.717) is 12.8 Å². The van der Waals surface area contributed by atoms with Crippen LogP contribution in [0.5, 0.6) is 0 Å². The van der Waals surface area contributed by atoms with E-state index < -0.39 is 6.10 Å². The Morgan fingerprint density at radius 3 is 0.711 bits per heavy atom. The molecule has 76 heavy (non-hydrogen) atoms. The number of esters is 2. The molecule has 1 N–H and O–H groups in total. The van der Waals surface area contributed by atoms with E-state index in [-0.39, 0.29) is 25.2 Å². The summed E-state index contributed by atoms with van der Waals surface area (Å²) in [6, 6.07) is 0. The van der Waals surface area contributed by atoms with Crippen molar-refractivity contribution >= 4 is 11.9 Å². The maximum absolute atomic E-state index is 12.3. The maximum atomic E-state index is 12.3. The molecule has 0 fully saturated rings. The highest BCUT2D eigenvalue weighted by Gasteiger charge is 2.16. The van der Waals surface area contributed by atoms with Gasteiger partial charge in [0, 0.05) is 12.8 Å². The van der Waals surface area contributed by atoms with Crippen molar-refractivity contribution in [3.05, 3.63) is 12.2 Å². The molecule has 0 bridgehead atoms. The number of rotatable bonds is 67. The Balaban J connectivity index is 3.33. The minimum absolute atomic E-state index is 0.0591. The predicted molar refractivity (Wildman–Crippen MR) is 335 cm³/mol. The molecule has 0 aliphatic carbocycles. The van der Waals surface area contributed by atoms with Gasteiger partial charge in [-0.05, 0) is 38.5 Å². The van der Waals surface area contributed by atoms with Crippen molar-refractivity contribution in [1.82, 2.24) is 0 Å². The summed E-state index contributed by atoms with van der Waals surface area (Å²) in [5.74, 6) is -0.568. The molecule has 0 aliphatic rings. The fraction of sp³-hybridized carbons (Fsp3) is 0.944. The summed E-state index contributed by atoms with van der Waals surface area (Å²) in [5, 5.41) is 9.68. The molecule has 0 radical (unpaired) electrons. The quantitative estimate of drug-likeness (QED) is 0.0373. The molecule has 0 aromatic carbocycles. The zero-order valence-corrected chi connectivity index (χ0v) is 52.1. The van der Waals surface area contributed by atoms with Gasteiger partial charge >= 0.3 is 11.9 Å². The number of hydrogen-bond donors (Lipinski definition) is 1. The Bertz CT molecular complexity index is 1120. The molecule has 0 aliphatic heterocycles. The average Bonchev–Trinajstić information content (AvgIpc) is 3.42. The first-order chi connectivity index (χ1) is 37.6. The van der Waals surface area contributed by atoms with Crippen molar-refractivity contribution in [1.29, 1.82) is 0 Å². The fourth-order valence-corrected chi connectivity index (χ4v) is 11.3. The Kier molecular flexibility index (Phi) is 66.7. The van der Waals surface area contributed by atoms with Crippen molar-refractivity contribution in [3.63, 3.8) is 0 Å². The van der Waals surface area contributed by atoms with Crippen LogP contribution in [0.1, 0.15) is 412 Å². The van der Waals surface area contributed by atoms with E-state index in [2.05, 4.69) is 26.0 Å². The summed E-state index contributed by atoms with van der Waals surface area (Å²) in [6.45, 7) is 4.21. The van der Waals surface area contributed by atoms with Crippen LogP contribution in [0, 0.1) is 0 Å². The van der Waals surface area contributed by atoms with Crippen LogP contribution in [-0.4, -0.2) is 36.4 Å². The molecule has 0 spiro atoms. The number of aliphatic hydroxyl groups is 1. The maximum Gasteiger partial charge on any atom is 0.306 e. The Morgan fingerprint density at radius 1 is 0.289 bits per heavy atom. The second kappa shape index (κ2) is 67.9. The van der Waals surface area contributed by atoms with Gasteiger partial charge in [0.15, 0.2) is 6.10 Å². The van der Waals surface area contributed by atoms with Crippen LogP contribution in [0.15, 0.2) is 12.2 Å². The monoisotopic (exact) mass is 1070 g/mol. The van der Waals surface area contributed by atoms with Gasteiger partial charge in [-0.3, -0.25) is 9.59 Å². The van der Waals surface area contributed by atoms with Gasteiger partial charge in [-0.2, -0.15) is 0 Å².